The number of anilines is 1. The smallest absolute Gasteiger partial charge is 0.357 e. The van der Waals surface area contributed by atoms with E-state index in [0.717, 1.165) is 55.3 Å². The molecule has 8 heteroatoms. The fraction of sp³-hybridized carbons (Fsp3) is 0.548. The molecule has 2 saturated carbocycles. The first-order chi connectivity index (χ1) is 18.9. The number of rotatable bonds is 4. The Kier molecular flexibility index (Phi) is 6.49. The molecule has 39 heavy (non-hydrogen) atoms. The number of benzene rings is 1. The second-order valence-corrected chi connectivity index (χ2v) is 11.4. The number of hydrogen-bond acceptors (Lipinski definition) is 7. The number of carbonyl (C=O) groups is 3. The van der Waals surface area contributed by atoms with E-state index < -0.39 is 23.4 Å². The molecule has 8 nitrogen and oxygen atoms in total. The zero-order chi connectivity index (χ0) is 27.3. The van der Waals surface area contributed by atoms with Gasteiger partial charge in [-0.2, -0.15) is 0 Å². The number of likely N-dealkylation sites (tertiary alicyclic amines) is 1. The zero-order valence-corrected chi connectivity index (χ0v) is 22.9. The molecule has 3 aliphatic heterocycles. The van der Waals surface area contributed by atoms with Crippen LogP contribution in [0.3, 0.4) is 0 Å². The number of nitrogens with zero attached hydrogens (tertiary/aromatic N) is 3. The number of esters is 2. The summed E-state index contributed by atoms with van der Waals surface area (Å²) >= 11 is 0. The van der Waals surface area contributed by atoms with Crippen LogP contribution in [0.15, 0.2) is 34.5 Å². The number of aliphatic imine (C=N–C) groups is 1. The average Bonchev–Trinajstić information content (AvgIpc) is 3.77. The van der Waals surface area contributed by atoms with Gasteiger partial charge in [0.05, 0.1) is 31.2 Å². The topological polar surface area (TPSA) is 88.5 Å². The number of piperidine rings is 1. The number of hydrogen-bond donors (Lipinski definition) is 0. The van der Waals surface area contributed by atoms with Gasteiger partial charge in [-0.05, 0) is 61.8 Å². The van der Waals surface area contributed by atoms with E-state index in [1.54, 1.807) is 0 Å². The summed E-state index contributed by atoms with van der Waals surface area (Å²) in [7, 11) is 4.51. The maximum atomic E-state index is 13.6. The first-order valence-electron chi connectivity index (χ1n) is 14.1. The zero-order valence-electron chi connectivity index (χ0n) is 22.9. The van der Waals surface area contributed by atoms with Crippen molar-refractivity contribution in [3.63, 3.8) is 0 Å². The van der Waals surface area contributed by atoms with Gasteiger partial charge in [0.1, 0.15) is 5.84 Å². The van der Waals surface area contributed by atoms with Gasteiger partial charge in [-0.15, -0.1) is 0 Å². The lowest BCUT2D eigenvalue weighted by Crippen LogP contribution is -2.63. The standard InChI is InChI=1S/C31H35N3O5/c1-33-23-14-13-20(12-11-19-9-10-19)17-22(23)31-16-15-24(35)34(18-21-7-5-4-6-8-21)30(31)32-26(29(37)39-3)25(27(31)33)28(36)38-2/h13-14,17,19,21,27H,4-10,15-16,18H2,1-3H3/t27?,31-/m0/s1. The van der Waals surface area contributed by atoms with Crippen LogP contribution in [0.25, 0.3) is 0 Å². The Balaban J connectivity index is 1.56. The molecular formula is C31H35N3O5. The second kappa shape index (κ2) is 9.86. The molecule has 1 aromatic carbocycles. The minimum Gasteiger partial charge on any atom is -0.466 e. The van der Waals surface area contributed by atoms with E-state index in [2.05, 4.69) is 17.9 Å². The molecule has 3 heterocycles. The van der Waals surface area contributed by atoms with E-state index in [1.165, 1.54) is 20.6 Å². The maximum absolute atomic E-state index is 13.6. The van der Waals surface area contributed by atoms with Crippen molar-refractivity contribution in [3.05, 3.63) is 40.6 Å². The van der Waals surface area contributed by atoms with Crippen LogP contribution in [0, 0.1) is 23.7 Å². The molecular weight excluding hydrogens is 494 g/mol. The van der Waals surface area contributed by atoms with Crippen LogP contribution in [0.2, 0.25) is 0 Å². The van der Waals surface area contributed by atoms with Gasteiger partial charge in [-0.3, -0.25) is 9.69 Å². The van der Waals surface area contributed by atoms with Crippen molar-refractivity contribution >= 4 is 29.4 Å². The van der Waals surface area contributed by atoms with Gasteiger partial charge in [0.15, 0.2) is 5.70 Å². The third-order valence-electron chi connectivity index (χ3n) is 9.09. The van der Waals surface area contributed by atoms with Crippen LogP contribution < -0.4 is 4.90 Å². The Bertz CT molecular complexity index is 1360. The Morgan fingerprint density at radius 2 is 1.82 bits per heavy atom. The molecule has 3 fully saturated rings. The third kappa shape index (κ3) is 4.14. The number of ether oxygens (including phenoxy) is 2. The number of carbonyl (C=O) groups excluding carboxylic acids is 3. The minimum absolute atomic E-state index is 0.00946. The maximum Gasteiger partial charge on any atom is 0.357 e. The monoisotopic (exact) mass is 529 g/mol. The molecule has 0 bridgehead atoms. The molecule has 2 atom stereocenters. The molecule has 1 saturated heterocycles. The van der Waals surface area contributed by atoms with Gasteiger partial charge in [-0.25, -0.2) is 14.6 Å². The number of methoxy groups -OCH3 is 2. The highest BCUT2D eigenvalue weighted by atomic mass is 16.5. The van der Waals surface area contributed by atoms with Crippen LogP contribution in [-0.2, 0) is 29.3 Å². The van der Waals surface area contributed by atoms with Crippen molar-refractivity contribution < 1.29 is 23.9 Å². The highest BCUT2D eigenvalue weighted by Crippen LogP contribution is 2.55. The molecule has 1 unspecified atom stereocenters. The fourth-order valence-corrected chi connectivity index (χ4v) is 7.02. The molecule has 204 valence electrons. The summed E-state index contributed by atoms with van der Waals surface area (Å²) in [5, 5.41) is 0. The Morgan fingerprint density at radius 3 is 2.51 bits per heavy atom. The summed E-state index contributed by atoms with van der Waals surface area (Å²) in [6.07, 6.45) is 8.76. The van der Waals surface area contributed by atoms with Crippen molar-refractivity contribution in [1.29, 1.82) is 0 Å². The average molecular weight is 530 g/mol. The predicted octanol–water partition coefficient (Wildman–Crippen LogP) is 3.72. The predicted molar refractivity (Wildman–Crippen MR) is 146 cm³/mol. The van der Waals surface area contributed by atoms with Crippen LogP contribution in [0.4, 0.5) is 5.69 Å². The Labute approximate surface area is 229 Å². The van der Waals surface area contributed by atoms with Crippen LogP contribution in [-0.4, -0.2) is 62.4 Å². The quantitative estimate of drug-likeness (QED) is 0.436. The number of fused-ring (bicyclic) bond motifs is 1. The van der Waals surface area contributed by atoms with E-state index in [4.69, 9.17) is 14.5 Å². The molecule has 1 amide bonds. The third-order valence-corrected chi connectivity index (χ3v) is 9.09. The summed E-state index contributed by atoms with van der Waals surface area (Å²) < 4.78 is 10.3. The molecule has 0 N–H and O–H groups in total. The largest absolute Gasteiger partial charge is 0.466 e. The minimum atomic E-state index is -0.801. The van der Waals surface area contributed by atoms with Crippen LogP contribution in [0.1, 0.15) is 68.9 Å². The lowest BCUT2D eigenvalue weighted by Gasteiger charge is -2.49. The summed E-state index contributed by atoms with van der Waals surface area (Å²) in [5.41, 5.74) is 2.11. The Hall–Kier alpha value is -3.60. The van der Waals surface area contributed by atoms with Gasteiger partial charge < -0.3 is 14.4 Å². The lowest BCUT2D eigenvalue weighted by atomic mass is 9.65. The van der Waals surface area contributed by atoms with Crippen LogP contribution >= 0.6 is 0 Å². The first-order valence-corrected chi connectivity index (χ1v) is 14.1. The van der Waals surface area contributed by atoms with Crippen molar-refractivity contribution in [1.82, 2.24) is 4.90 Å². The van der Waals surface area contributed by atoms with Crippen molar-refractivity contribution in [3.8, 4) is 11.8 Å². The molecule has 5 aliphatic rings. The highest BCUT2D eigenvalue weighted by Gasteiger charge is 2.62. The summed E-state index contributed by atoms with van der Waals surface area (Å²) in [6, 6.07) is 5.57. The van der Waals surface area contributed by atoms with E-state index in [1.807, 2.05) is 29.0 Å². The number of amides is 1. The van der Waals surface area contributed by atoms with E-state index in [0.29, 0.717) is 37.1 Å². The van der Waals surface area contributed by atoms with Crippen molar-refractivity contribution in [2.24, 2.45) is 16.8 Å². The lowest BCUT2D eigenvalue weighted by molar-refractivity contribution is -0.140. The number of likely N-dealkylation sites (N-methyl/N-ethyl adjacent to an activating group) is 1. The van der Waals surface area contributed by atoms with Gasteiger partial charge in [0.25, 0.3) is 0 Å². The van der Waals surface area contributed by atoms with Gasteiger partial charge in [0, 0.05) is 37.2 Å². The first kappa shape index (κ1) is 25.7. The Morgan fingerprint density at radius 1 is 1.08 bits per heavy atom. The normalized spacial score (nSPS) is 26.2. The van der Waals surface area contributed by atoms with Gasteiger partial charge in [0.2, 0.25) is 5.91 Å². The summed E-state index contributed by atoms with van der Waals surface area (Å²) in [5.74, 6) is 6.75. The van der Waals surface area contributed by atoms with Crippen molar-refractivity contribution in [2.45, 2.75) is 69.2 Å². The van der Waals surface area contributed by atoms with Gasteiger partial charge in [-0.1, -0.05) is 31.1 Å². The molecule has 2 aliphatic carbocycles. The fourth-order valence-electron chi connectivity index (χ4n) is 7.02. The van der Waals surface area contributed by atoms with Crippen molar-refractivity contribution in [2.75, 3.05) is 32.7 Å². The number of amidine groups is 1. The molecule has 1 aromatic rings. The van der Waals surface area contributed by atoms with E-state index in [9.17, 15) is 14.4 Å². The second-order valence-electron chi connectivity index (χ2n) is 11.4. The van der Waals surface area contributed by atoms with E-state index in [-0.39, 0.29) is 17.2 Å². The van der Waals surface area contributed by atoms with Gasteiger partial charge >= 0.3 is 11.9 Å². The molecule has 0 radical (unpaired) electrons. The molecule has 1 spiro atoms. The highest BCUT2D eigenvalue weighted by molar-refractivity contribution is 6.15. The van der Waals surface area contributed by atoms with E-state index >= 15 is 0 Å². The summed E-state index contributed by atoms with van der Waals surface area (Å²) in [6.45, 7) is 0.564. The SMILES string of the molecule is COC(=O)C1=C(C(=O)OC)C2N(C)c3ccc(C#CC4CC4)cc3[C@@]23CCC(=O)N(CC2CCCCC2)C3=N1. The molecule has 6 rings (SSSR count). The molecule has 0 aromatic heterocycles. The summed E-state index contributed by atoms with van der Waals surface area (Å²) in [4.78, 5) is 48.7. The van der Waals surface area contributed by atoms with Crippen LogP contribution in [0.5, 0.6) is 0 Å².